The van der Waals surface area contributed by atoms with Gasteiger partial charge in [-0.3, -0.25) is 4.68 Å². The maximum absolute atomic E-state index is 13.9. The summed E-state index contributed by atoms with van der Waals surface area (Å²) in [7, 11) is -6.40. The Kier molecular flexibility index (Phi) is 5.04. The zero-order valence-electron chi connectivity index (χ0n) is 13.3. The van der Waals surface area contributed by atoms with Gasteiger partial charge in [-0.25, -0.2) is 17.2 Å². The minimum atomic E-state index is -4.02. The molecule has 0 saturated carbocycles. The Morgan fingerprint density at radius 1 is 1.48 bits per heavy atom. The van der Waals surface area contributed by atoms with E-state index in [4.69, 9.17) is 0 Å². The number of sulfonamides is 1. The van der Waals surface area contributed by atoms with Crippen LogP contribution in [0.15, 0.2) is 11.2 Å². The van der Waals surface area contributed by atoms with Crippen LogP contribution in [0.1, 0.15) is 27.7 Å². The zero-order chi connectivity index (χ0) is 16.6. The smallest absolute Gasteiger partial charge is 0.256 e. The number of halogens is 1. The molecule has 9 heteroatoms. The summed E-state index contributed by atoms with van der Waals surface area (Å²) in [5.41, 5.74) is 0. The van der Waals surface area contributed by atoms with E-state index in [1.54, 1.807) is 0 Å². The summed E-state index contributed by atoms with van der Waals surface area (Å²) in [5.74, 6) is -0.915. The molecular formula is C12H24FN3O3SSi. The Balaban J connectivity index is 3.12. The highest BCUT2D eigenvalue weighted by molar-refractivity contribution is 7.90. The normalized spacial score (nSPS) is 15.2. The van der Waals surface area contributed by atoms with Gasteiger partial charge < -0.3 is 5.11 Å². The van der Waals surface area contributed by atoms with Crippen molar-refractivity contribution in [3.63, 3.8) is 0 Å². The number of rotatable bonds is 5. The molecule has 1 aromatic rings. The quantitative estimate of drug-likeness (QED) is 0.801. The second-order valence-corrected chi connectivity index (χ2v) is 13.8. The first-order chi connectivity index (χ1) is 9.26. The van der Waals surface area contributed by atoms with Gasteiger partial charge in [0.2, 0.25) is 5.03 Å². The monoisotopic (exact) mass is 337 g/mol. The number of hydrogen-bond acceptors (Lipinski definition) is 4. The van der Waals surface area contributed by atoms with Crippen LogP contribution in [0, 0.1) is 5.82 Å². The van der Waals surface area contributed by atoms with Crippen LogP contribution in [0.3, 0.4) is 0 Å². The van der Waals surface area contributed by atoms with E-state index < -0.39 is 35.2 Å². The third kappa shape index (κ3) is 4.35. The molecule has 0 saturated heterocycles. The minimum Gasteiger partial charge on any atom is -0.391 e. The lowest BCUT2D eigenvalue weighted by atomic mass is 10.2. The van der Waals surface area contributed by atoms with Gasteiger partial charge in [-0.15, -0.1) is 0 Å². The van der Waals surface area contributed by atoms with E-state index in [0.29, 0.717) is 0 Å². The fraction of sp³-hybridized carbons (Fsp3) is 0.750. The lowest BCUT2D eigenvalue weighted by molar-refractivity contribution is 0.168. The van der Waals surface area contributed by atoms with Crippen LogP contribution in [0.4, 0.5) is 4.39 Å². The topological polar surface area (TPSA) is 84.2 Å². The highest BCUT2D eigenvalue weighted by Crippen LogP contribution is 2.34. The van der Waals surface area contributed by atoms with Crippen LogP contribution in [0.25, 0.3) is 0 Å². The zero-order valence-corrected chi connectivity index (χ0v) is 15.1. The molecular weight excluding hydrogens is 313 g/mol. The second kappa shape index (κ2) is 5.79. The molecule has 0 radical (unpaired) electrons. The van der Waals surface area contributed by atoms with Gasteiger partial charge >= 0.3 is 0 Å². The molecule has 1 aromatic heterocycles. The Morgan fingerprint density at radius 3 is 2.43 bits per heavy atom. The van der Waals surface area contributed by atoms with Crippen molar-refractivity contribution in [1.82, 2.24) is 14.2 Å². The molecule has 122 valence electrons. The van der Waals surface area contributed by atoms with Crippen molar-refractivity contribution in [2.75, 3.05) is 0 Å². The molecule has 2 N–H and O–H groups in total. The number of aliphatic hydroxyl groups is 1. The number of aromatic nitrogens is 2. The van der Waals surface area contributed by atoms with Crippen molar-refractivity contribution >= 4 is 18.3 Å². The number of hydrogen-bond donors (Lipinski definition) is 2. The average Bonchev–Trinajstić information content (AvgIpc) is 2.55. The summed E-state index contributed by atoms with van der Waals surface area (Å²) in [6.07, 6.45) is 0.237. The molecule has 1 atom stereocenters. The molecule has 0 fully saturated rings. The van der Waals surface area contributed by atoms with Crippen LogP contribution < -0.4 is 4.39 Å². The molecule has 1 heterocycles. The molecule has 0 bridgehead atoms. The molecule has 21 heavy (non-hydrogen) atoms. The number of nitrogens with zero attached hydrogens (tertiary/aromatic N) is 2. The summed E-state index contributed by atoms with van der Waals surface area (Å²) in [6, 6.07) is 0. The van der Waals surface area contributed by atoms with Crippen LogP contribution in [-0.4, -0.2) is 37.6 Å². The molecule has 0 spiro atoms. The Morgan fingerprint density at radius 2 is 2.00 bits per heavy atom. The van der Waals surface area contributed by atoms with Crippen LogP contribution in [0.2, 0.25) is 18.1 Å². The Labute approximate surface area is 126 Å². The van der Waals surface area contributed by atoms with Gasteiger partial charge in [-0.2, -0.15) is 5.10 Å². The number of nitrogens with one attached hydrogen (secondary N) is 1. The third-order valence-corrected chi connectivity index (χ3v) is 11.3. The molecule has 0 aliphatic rings. The predicted molar refractivity (Wildman–Crippen MR) is 81.4 cm³/mol. The average molecular weight is 337 g/mol. The van der Waals surface area contributed by atoms with E-state index in [0.717, 1.165) is 10.9 Å². The van der Waals surface area contributed by atoms with Crippen LogP contribution in [0.5, 0.6) is 0 Å². The summed E-state index contributed by atoms with van der Waals surface area (Å²) in [5, 5.41) is 12.2. The third-order valence-electron chi connectivity index (χ3n) is 3.66. The highest BCUT2D eigenvalue weighted by atomic mass is 32.2. The Hall–Kier alpha value is -0.773. The summed E-state index contributed by atoms with van der Waals surface area (Å²) >= 11 is 0. The fourth-order valence-corrected chi connectivity index (χ4v) is 6.28. The SMILES string of the molecule is C[C@H](O)Cn1cc(F)c(S(=O)(=O)N[Si](C)(C)C(C)(C)C)n1. The molecule has 0 amide bonds. The highest BCUT2D eigenvalue weighted by Gasteiger charge is 2.41. The summed E-state index contributed by atoms with van der Waals surface area (Å²) in [4.78, 5) is 0. The molecule has 6 nitrogen and oxygen atoms in total. The van der Waals surface area contributed by atoms with Crippen molar-refractivity contribution in [3.8, 4) is 0 Å². The lowest BCUT2D eigenvalue weighted by Gasteiger charge is -2.36. The largest absolute Gasteiger partial charge is 0.391 e. The molecule has 0 aromatic carbocycles. The maximum Gasteiger partial charge on any atom is 0.256 e. The molecule has 0 unspecified atom stereocenters. The van der Waals surface area contributed by atoms with Crippen LogP contribution >= 0.6 is 0 Å². The van der Waals surface area contributed by atoms with E-state index in [-0.39, 0.29) is 11.6 Å². The van der Waals surface area contributed by atoms with Gasteiger partial charge in [0.25, 0.3) is 10.0 Å². The molecule has 0 aliphatic carbocycles. The fourth-order valence-electron chi connectivity index (χ4n) is 1.46. The number of aliphatic hydroxyl groups excluding tert-OH is 1. The first-order valence-corrected chi connectivity index (χ1v) is 11.2. The van der Waals surface area contributed by atoms with Crippen molar-refractivity contribution in [2.45, 2.75) is 63.5 Å². The van der Waals surface area contributed by atoms with Crippen molar-refractivity contribution < 1.29 is 17.9 Å². The van der Waals surface area contributed by atoms with Gasteiger partial charge in [-0.1, -0.05) is 33.9 Å². The van der Waals surface area contributed by atoms with Gasteiger partial charge in [-0.05, 0) is 12.0 Å². The first-order valence-electron chi connectivity index (χ1n) is 6.71. The minimum absolute atomic E-state index is 0.0343. The maximum atomic E-state index is 13.9. The van der Waals surface area contributed by atoms with Crippen molar-refractivity contribution in [3.05, 3.63) is 12.0 Å². The first kappa shape index (κ1) is 18.3. The van der Waals surface area contributed by atoms with E-state index in [2.05, 4.69) is 9.49 Å². The van der Waals surface area contributed by atoms with Crippen molar-refractivity contribution in [1.29, 1.82) is 0 Å². The van der Waals surface area contributed by atoms with E-state index in [1.165, 1.54) is 6.92 Å². The molecule has 0 aliphatic heterocycles. The summed E-state index contributed by atoms with van der Waals surface area (Å²) in [6.45, 7) is 11.1. The van der Waals surface area contributed by atoms with Crippen LogP contribution in [-0.2, 0) is 16.6 Å². The van der Waals surface area contributed by atoms with E-state index in [1.807, 2.05) is 33.9 Å². The van der Waals surface area contributed by atoms with Gasteiger partial charge in [0.05, 0.1) is 18.8 Å². The predicted octanol–water partition coefficient (Wildman–Crippen LogP) is 1.69. The standard InChI is InChI=1S/C12H24FN3O3SSi/c1-9(17)7-16-8-10(13)11(14-16)20(18,19)15-21(5,6)12(2,3)4/h8-9,15,17H,7H2,1-6H3/t9-/m0/s1. The van der Waals surface area contributed by atoms with Gasteiger partial charge in [0, 0.05) is 0 Å². The van der Waals surface area contributed by atoms with E-state index in [9.17, 15) is 17.9 Å². The van der Waals surface area contributed by atoms with Gasteiger partial charge in [0.1, 0.15) is 8.24 Å². The summed E-state index contributed by atoms with van der Waals surface area (Å²) < 4.78 is 42.3. The molecule has 1 rings (SSSR count). The lowest BCUT2D eigenvalue weighted by Crippen LogP contribution is -2.54. The van der Waals surface area contributed by atoms with Gasteiger partial charge in [0.15, 0.2) is 5.82 Å². The van der Waals surface area contributed by atoms with E-state index >= 15 is 0 Å². The second-order valence-electron chi connectivity index (χ2n) is 6.83. The van der Waals surface area contributed by atoms with Crippen molar-refractivity contribution in [2.24, 2.45) is 0 Å². The Bertz CT molecular complexity index is 606.